The Morgan fingerprint density at radius 1 is 1.29 bits per heavy atom. The summed E-state index contributed by atoms with van der Waals surface area (Å²) in [6.45, 7) is 4.88. The van der Waals surface area contributed by atoms with Crippen LogP contribution in [0.15, 0.2) is 0 Å². The highest BCUT2D eigenvalue weighted by atomic mass is 79.9. The summed E-state index contributed by atoms with van der Waals surface area (Å²) in [5.74, 6) is 0.0805. The summed E-state index contributed by atoms with van der Waals surface area (Å²) in [6.07, 6.45) is 2.43. The number of carbonyl (C=O) groups excluding carboxylic acids is 2. The second-order valence-electron chi connectivity index (χ2n) is 3.97. The molecular formula is C12H22BrNO3. The van der Waals surface area contributed by atoms with E-state index in [1.807, 2.05) is 0 Å². The largest absolute Gasteiger partial charge is 0.468 e. The van der Waals surface area contributed by atoms with Crippen LogP contribution in [0.2, 0.25) is 0 Å². The second kappa shape index (κ2) is 9.45. The van der Waals surface area contributed by atoms with Crippen LogP contribution in [0.4, 0.5) is 0 Å². The predicted molar refractivity (Wildman–Crippen MR) is 71.1 cm³/mol. The van der Waals surface area contributed by atoms with Crippen molar-refractivity contribution in [1.82, 2.24) is 4.90 Å². The minimum absolute atomic E-state index is 0.000764. The molecular weight excluding hydrogens is 286 g/mol. The molecule has 0 aliphatic heterocycles. The van der Waals surface area contributed by atoms with E-state index in [1.54, 1.807) is 4.90 Å². The van der Waals surface area contributed by atoms with Crippen molar-refractivity contribution >= 4 is 27.8 Å². The second-order valence-corrected chi connectivity index (χ2v) is 4.76. The van der Waals surface area contributed by atoms with Crippen molar-refractivity contribution in [3.05, 3.63) is 0 Å². The molecule has 0 N–H and O–H groups in total. The summed E-state index contributed by atoms with van der Waals surface area (Å²) in [6, 6.07) is 0. The topological polar surface area (TPSA) is 46.6 Å². The van der Waals surface area contributed by atoms with Gasteiger partial charge in [0.1, 0.15) is 6.54 Å². The van der Waals surface area contributed by atoms with Crippen molar-refractivity contribution in [2.24, 2.45) is 5.92 Å². The molecule has 100 valence electrons. The third-order valence-corrected chi connectivity index (χ3v) is 3.24. The normalized spacial score (nSPS) is 10.4. The number of esters is 1. The summed E-state index contributed by atoms with van der Waals surface area (Å²) < 4.78 is 4.61. The van der Waals surface area contributed by atoms with Crippen molar-refractivity contribution in [3.8, 4) is 0 Å². The van der Waals surface area contributed by atoms with E-state index >= 15 is 0 Å². The van der Waals surface area contributed by atoms with Crippen LogP contribution in [-0.4, -0.2) is 42.3 Å². The zero-order valence-corrected chi connectivity index (χ0v) is 12.5. The van der Waals surface area contributed by atoms with Crippen LogP contribution in [0.3, 0.4) is 0 Å². The highest BCUT2D eigenvalue weighted by molar-refractivity contribution is 9.09. The fourth-order valence-corrected chi connectivity index (χ4v) is 1.91. The molecule has 0 aromatic heterocycles. The Balaban J connectivity index is 4.48. The molecule has 5 heteroatoms. The van der Waals surface area contributed by atoms with E-state index in [0.29, 0.717) is 24.2 Å². The summed E-state index contributed by atoms with van der Waals surface area (Å²) in [7, 11) is 1.34. The van der Waals surface area contributed by atoms with Crippen LogP contribution < -0.4 is 0 Å². The van der Waals surface area contributed by atoms with Crippen molar-refractivity contribution in [3.63, 3.8) is 0 Å². The summed E-state index contributed by atoms with van der Waals surface area (Å²) in [5.41, 5.74) is 0. The molecule has 1 amide bonds. The number of hydrogen-bond donors (Lipinski definition) is 0. The molecule has 0 aliphatic rings. The van der Waals surface area contributed by atoms with Crippen LogP contribution in [0, 0.1) is 5.92 Å². The maximum absolute atomic E-state index is 11.9. The number of carbonyl (C=O) groups is 2. The molecule has 0 saturated heterocycles. The van der Waals surface area contributed by atoms with Crippen LogP contribution in [0.5, 0.6) is 0 Å². The van der Waals surface area contributed by atoms with Gasteiger partial charge in [0.15, 0.2) is 0 Å². The van der Waals surface area contributed by atoms with Crippen LogP contribution in [-0.2, 0) is 14.3 Å². The summed E-state index contributed by atoms with van der Waals surface area (Å²) >= 11 is 3.24. The van der Waals surface area contributed by atoms with Gasteiger partial charge < -0.3 is 9.64 Å². The van der Waals surface area contributed by atoms with E-state index in [2.05, 4.69) is 34.5 Å². The lowest BCUT2D eigenvalue weighted by molar-refractivity contribution is -0.147. The van der Waals surface area contributed by atoms with Gasteiger partial charge in [0.25, 0.3) is 0 Å². The number of nitrogens with zero attached hydrogens (tertiary/aromatic N) is 1. The Labute approximate surface area is 112 Å². The minimum atomic E-state index is -0.362. The lowest BCUT2D eigenvalue weighted by atomic mass is 10.0. The van der Waals surface area contributed by atoms with Gasteiger partial charge in [-0.15, -0.1) is 0 Å². The third kappa shape index (κ3) is 6.66. The Kier molecular flexibility index (Phi) is 9.13. The molecule has 0 aromatic rings. The maximum atomic E-state index is 11.9. The molecule has 17 heavy (non-hydrogen) atoms. The van der Waals surface area contributed by atoms with E-state index in [-0.39, 0.29) is 18.4 Å². The van der Waals surface area contributed by atoms with Gasteiger partial charge >= 0.3 is 5.97 Å². The van der Waals surface area contributed by atoms with Gasteiger partial charge in [0.2, 0.25) is 5.91 Å². The lowest BCUT2D eigenvalue weighted by Gasteiger charge is -2.25. The molecule has 0 heterocycles. The van der Waals surface area contributed by atoms with E-state index < -0.39 is 0 Å². The van der Waals surface area contributed by atoms with Crippen molar-refractivity contribution in [2.45, 2.75) is 33.1 Å². The van der Waals surface area contributed by atoms with Crippen LogP contribution in [0.25, 0.3) is 0 Å². The lowest BCUT2D eigenvalue weighted by Crippen LogP contribution is -2.39. The first-order valence-corrected chi connectivity index (χ1v) is 7.11. The van der Waals surface area contributed by atoms with E-state index in [9.17, 15) is 9.59 Å². The predicted octanol–water partition coefficient (Wildman–Crippen LogP) is 2.21. The summed E-state index contributed by atoms with van der Waals surface area (Å²) in [4.78, 5) is 24.7. The van der Waals surface area contributed by atoms with Gasteiger partial charge in [-0.25, -0.2) is 0 Å². The van der Waals surface area contributed by atoms with E-state index in [0.717, 1.165) is 12.8 Å². The first kappa shape index (κ1) is 16.4. The van der Waals surface area contributed by atoms with Gasteiger partial charge in [-0.3, -0.25) is 9.59 Å². The number of rotatable bonds is 8. The van der Waals surface area contributed by atoms with Gasteiger partial charge in [0.05, 0.1) is 7.11 Å². The highest BCUT2D eigenvalue weighted by Crippen LogP contribution is 2.11. The van der Waals surface area contributed by atoms with Crippen molar-refractivity contribution in [2.75, 3.05) is 25.5 Å². The fourth-order valence-electron chi connectivity index (χ4n) is 1.57. The Bertz CT molecular complexity index is 242. The molecule has 0 aromatic carbocycles. The van der Waals surface area contributed by atoms with Gasteiger partial charge in [-0.2, -0.15) is 0 Å². The average molecular weight is 308 g/mol. The van der Waals surface area contributed by atoms with Crippen molar-refractivity contribution in [1.29, 1.82) is 0 Å². The Morgan fingerprint density at radius 2 is 1.88 bits per heavy atom. The molecule has 0 aliphatic carbocycles. The fraction of sp³-hybridized carbons (Fsp3) is 0.833. The average Bonchev–Trinajstić information content (AvgIpc) is 2.34. The number of amides is 1. The number of hydrogen-bond acceptors (Lipinski definition) is 3. The van der Waals surface area contributed by atoms with Gasteiger partial charge in [-0.05, 0) is 5.92 Å². The molecule has 0 atom stereocenters. The molecule has 0 fully saturated rings. The quantitative estimate of drug-likeness (QED) is 0.510. The number of alkyl halides is 1. The number of ether oxygens (including phenoxy) is 1. The third-order valence-electron chi connectivity index (χ3n) is 2.84. The first-order valence-electron chi connectivity index (χ1n) is 5.99. The highest BCUT2D eigenvalue weighted by Gasteiger charge is 2.19. The molecule has 0 spiro atoms. The van der Waals surface area contributed by atoms with Crippen molar-refractivity contribution < 1.29 is 14.3 Å². The monoisotopic (exact) mass is 307 g/mol. The minimum Gasteiger partial charge on any atom is -0.468 e. The first-order chi connectivity index (χ1) is 8.08. The molecule has 0 saturated carbocycles. The Hall–Kier alpha value is -0.580. The van der Waals surface area contributed by atoms with E-state index in [1.165, 1.54) is 7.11 Å². The standard InChI is InChI=1S/C12H22BrNO3/c1-4-10(5-2)8-14(9-12(16)17-3)11(15)6-7-13/h10H,4-9H2,1-3H3. The molecule has 0 unspecified atom stereocenters. The van der Waals surface area contributed by atoms with Crippen LogP contribution in [0.1, 0.15) is 33.1 Å². The zero-order valence-electron chi connectivity index (χ0n) is 10.9. The smallest absolute Gasteiger partial charge is 0.325 e. The summed E-state index contributed by atoms with van der Waals surface area (Å²) in [5, 5.41) is 0.617. The molecule has 4 nitrogen and oxygen atoms in total. The molecule has 0 bridgehead atoms. The van der Waals surface area contributed by atoms with Gasteiger partial charge in [0, 0.05) is 18.3 Å². The molecule has 0 rings (SSSR count). The van der Waals surface area contributed by atoms with Gasteiger partial charge in [-0.1, -0.05) is 42.6 Å². The SMILES string of the molecule is CCC(CC)CN(CC(=O)OC)C(=O)CCBr. The van der Waals surface area contributed by atoms with E-state index in [4.69, 9.17) is 0 Å². The maximum Gasteiger partial charge on any atom is 0.325 e. The van der Waals surface area contributed by atoms with Crippen LogP contribution >= 0.6 is 15.9 Å². The Morgan fingerprint density at radius 3 is 2.29 bits per heavy atom. The number of halogens is 1. The molecule has 0 radical (unpaired) electrons. The zero-order chi connectivity index (χ0) is 13.3. The number of methoxy groups -OCH3 is 1.